The Morgan fingerprint density at radius 2 is 2.62 bits per heavy atom. The number of aliphatic hydroxyl groups excluding tert-OH is 1. The van der Waals surface area contributed by atoms with Crippen molar-refractivity contribution >= 4 is 22.4 Å². The Morgan fingerprint density at radius 1 is 1.75 bits per heavy atom. The number of nitrogens with zero attached hydrogens (tertiary/aromatic N) is 2. The van der Waals surface area contributed by atoms with Gasteiger partial charge in [0.1, 0.15) is 0 Å². The summed E-state index contributed by atoms with van der Waals surface area (Å²) in [6.07, 6.45) is 2.64. The number of carbonyl (C=O) groups excluding carboxylic acids is 1. The van der Waals surface area contributed by atoms with Crippen molar-refractivity contribution in [3.63, 3.8) is 0 Å². The molecule has 0 radical (unpaired) electrons. The van der Waals surface area contributed by atoms with E-state index in [4.69, 9.17) is 5.11 Å². The van der Waals surface area contributed by atoms with Crippen LogP contribution < -0.4 is 5.32 Å². The second-order valence-electron chi connectivity index (χ2n) is 3.96. The molecule has 0 saturated carbocycles. The van der Waals surface area contributed by atoms with Gasteiger partial charge in [-0.1, -0.05) is 0 Å². The minimum atomic E-state index is -0.0338. The van der Waals surface area contributed by atoms with Gasteiger partial charge in [0.05, 0.1) is 6.54 Å². The minimum Gasteiger partial charge on any atom is -0.396 e. The van der Waals surface area contributed by atoms with Crippen molar-refractivity contribution < 1.29 is 9.90 Å². The van der Waals surface area contributed by atoms with E-state index in [0.29, 0.717) is 17.6 Å². The first-order valence-corrected chi connectivity index (χ1v) is 6.18. The van der Waals surface area contributed by atoms with E-state index in [9.17, 15) is 4.79 Å². The van der Waals surface area contributed by atoms with Gasteiger partial charge in [-0.2, -0.15) is 0 Å². The van der Waals surface area contributed by atoms with Gasteiger partial charge in [-0.05, 0) is 18.9 Å². The summed E-state index contributed by atoms with van der Waals surface area (Å²) in [5.74, 6) is 0.293. The van der Waals surface area contributed by atoms with E-state index < -0.39 is 0 Å². The second kappa shape index (κ2) is 5.38. The summed E-state index contributed by atoms with van der Waals surface area (Å²) >= 11 is 1.41. The molecule has 0 bridgehead atoms. The fraction of sp³-hybridized carbons (Fsp3) is 0.600. The molecule has 5 nitrogen and oxygen atoms in total. The average Bonchev–Trinajstić information content (AvgIpc) is 2.89. The topological polar surface area (TPSA) is 65.5 Å². The minimum absolute atomic E-state index is 0.0338. The SMILES string of the molecule is O=C(CN1CCC(CO)C1)Nc1nccs1. The van der Waals surface area contributed by atoms with E-state index >= 15 is 0 Å². The molecule has 1 aromatic rings. The molecule has 1 aliphatic heterocycles. The van der Waals surface area contributed by atoms with Crippen LogP contribution in [0.25, 0.3) is 0 Å². The number of hydrogen-bond acceptors (Lipinski definition) is 5. The number of aliphatic hydroxyl groups is 1. The number of likely N-dealkylation sites (tertiary alicyclic amines) is 1. The Kier molecular flexibility index (Phi) is 3.87. The Hall–Kier alpha value is -0.980. The van der Waals surface area contributed by atoms with Crippen LogP contribution in [0.2, 0.25) is 0 Å². The number of anilines is 1. The summed E-state index contributed by atoms with van der Waals surface area (Å²) in [7, 11) is 0. The largest absolute Gasteiger partial charge is 0.396 e. The van der Waals surface area contributed by atoms with Gasteiger partial charge in [-0.25, -0.2) is 4.98 Å². The van der Waals surface area contributed by atoms with E-state index in [1.807, 2.05) is 5.38 Å². The van der Waals surface area contributed by atoms with Crippen LogP contribution in [0.4, 0.5) is 5.13 Å². The van der Waals surface area contributed by atoms with E-state index in [0.717, 1.165) is 19.5 Å². The molecule has 1 aliphatic rings. The van der Waals surface area contributed by atoms with Crippen molar-refractivity contribution in [2.45, 2.75) is 6.42 Å². The van der Waals surface area contributed by atoms with Gasteiger partial charge in [0.2, 0.25) is 5.91 Å². The van der Waals surface area contributed by atoms with Gasteiger partial charge in [-0.3, -0.25) is 9.69 Å². The van der Waals surface area contributed by atoms with Crippen LogP contribution >= 0.6 is 11.3 Å². The maximum absolute atomic E-state index is 11.6. The molecule has 6 heteroatoms. The Balaban J connectivity index is 1.76. The zero-order valence-corrected chi connectivity index (χ0v) is 9.74. The van der Waals surface area contributed by atoms with Crippen LogP contribution in [0.5, 0.6) is 0 Å². The highest BCUT2D eigenvalue weighted by molar-refractivity contribution is 7.13. The molecule has 1 saturated heterocycles. The van der Waals surface area contributed by atoms with Crippen molar-refractivity contribution in [2.75, 3.05) is 31.6 Å². The molecule has 0 aromatic carbocycles. The highest BCUT2D eigenvalue weighted by Gasteiger charge is 2.23. The fourth-order valence-electron chi connectivity index (χ4n) is 1.85. The fourth-order valence-corrected chi connectivity index (χ4v) is 2.40. The summed E-state index contributed by atoms with van der Waals surface area (Å²) < 4.78 is 0. The van der Waals surface area contributed by atoms with Gasteiger partial charge in [0, 0.05) is 24.7 Å². The molecule has 0 aliphatic carbocycles. The maximum atomic E-state index is 11.6. The highest BCUT2D eigenvalue weighted by atomic mass is 32.1. The first kappa shape index (κ1) is 11.5. The monoisotopic (exact) mass is 241 g/mol. The Morgan fingerprint density at radius 3 is 3.25 bits per heavy atom. The predicted molar refractivity (Wildman–Crippen MR) is 62.4 cm³/mol. The normalized spacial score (nSPS) is 21.2. The van der Waals surface area contributed by atoms with Gasteiger partial charge < -0.3 is 10.4 Å². The molecule has 2 heterocycles. The van der Waals surface area contributed by atoms with Crippen LogP contribution in [0.3, 0.4) is 0 Å². The zero-order chi connectivity index (χ0) is 11.4. The number of hydrogen-bond donors (Lipinski definition) is 2. The average molecular weight is 241 g/mol. The third kappa shape index (κ3) is 3.01. The third-order valence-corrected chi connectivity index (χ3v) is 3.36. The van der Waals surface area contributed by atoms with Gasteiger partial charge >= 0.3 is 0 Å². The molecular formula is C10H15N3O2S. The summed E-state index contributed by atoms with van der Waals surface area (Å²) in [6, 6.07) is 0. The predicted octanol–water partition coefficient (Wildman–Crippen LogP) is 0.396. The lowest BCUT2D eigenvalue weighted by Crippen LogP contribution is -2.31. The molecule has 16 heavy (non-hydrogen) atoms. The molecule has 88 valence electrons. The third-order valence-electron chi connectivity index (χ3n) is 2.67. The maximum Gasteiger partial charge on any atom is 0.240 e. The lowest BCUT2D eigenvalue weighted by molar-refractivity contribution is -0.117. The van der Waals surface area contributed by atoms with Crippen LogP contribution in [0, 0.1) is 5.92 Å². The molecule has 2 N–H and O–H groups in total. The summed E-state index contributed by atoms with van der Waals surface area (Å²) in [6.45, 7) is 2.29. The van der Waals surface area contributed by atoms with Crippen molar-refractivity contribution in [3.05, 3.63) is 11.6 Å². The van der Waals surface area contributed by atoms with E-state index in [-0.39, 0.29) is 12.5 Å². The second-order valence-corrected chi connectivity index (χ2v) is 4.85. The van der Waals surface area contributed by atoms with Crippen molar-refractivity contribution in [1.82, 2.24) is 9.88 Å². The molecular weight excluding hydrogens is 226 g/mol. The van der Waals surface area contributed by atoms with Crippen LogP contribution in [-0.2, 0) is 4.79 Å². The number of nitrogens with one attached hydrogen (secondary N) is 1. The number of thiazole rings is 1. The van der Waals surface area contributed by atoms with Crippen LogP contribution in [-0.4, -0.2) is 47.1 Å². The molecule has 1 amide bonds. The molecule has 1 fully saturated rings. The van der Waals surface area contributed by atoms with Crippen molar-refractivity contribution in [1.29, 1.82) is 0 Å². The molecule has 1 atom stereocenters. The highest BCUT2D eigenvalue weighted by Crippen LogP contribution is 2.15. The summed E-state index contributed by atoms with van der Waals surface area (Å²) in [4.78, 5) is 17.7. The first-order chi connectivity index (χ1) is 7.78. The quantitative estimate of drug-likeness (QED) is 0.800. The number of amides is 1. The molecule has 1 unspecified atom stereocenters. The van der Waals surface area contributed by atoms with Gasteiger partial charge in [0.15, 0.2) is 5.13 Å². The smallest absolute Gasteiger partial charge is 0.240 e. The number of rotatable bonds is 4. The van der Waals surface area contributed by atoms with E-state index in [2.05, 4.69) is 15.2 Å². The van der Waals surface area contributed by atoms with Crippen molar-refractivity contribution in [2.24, 2.45) is 5.92 Å². The van der Waals surface area contributed by atoms with Crippen LogP contribution in [0.1, 0.15) is 6.42 Å². The Labute approximate surface area is 98.1 Å². The lowest BCUT2D eigenvalue weighted by atomic mass is 10.1. The van der Waals surface area contributed by atoms with E-state index in [1.165, 1.54) is 11.3 Å². The molecule has 1 aromatic heterocycles. The summed E-state index contributed by atoms with van der Waals surface area (Å²) in [5.41, 5.74) is 0. The zero-order valence-electron chi connectivity index (χ0n) is 8.93. The van der Waals surface area contributed by atoms with E-state index in [1.54, 1.807) is 6.20 Å². The molecule has 0 spiro atoms. The van der Waals surface area contributed by atoms with Crippen molar-refractivity contribution in [3.8, 4) is 0 Å². The summed E-state index contributed by atoms with van der Waals surface area (Å²) in [5, 5.41) is 14.2. The van der Waals surface area contributed by atoms with Gasteiger partial charge in [0.25, 0.3) is 0 Å². The standard InChI is InChI=1S/C10H15N3O2S/c14-7-8-1-3-13(5-8)6-9(15)12-10-11-2-4-16-10/h2,4,8,14H,1,3,5-7H2,(H,11,12,15). The van der Waals surface area contributed by atoms with Gasteiger partial charge in [-0.15, -0.1) is 11.3 Å². The number of aromatic nitrogens is 1. The molecule has 2 rings (SSSR count). The number of carbonyl (C=O) groups is 1. The van der Waals surface area contributed by atoms with Crippen LogP contribution in [0.15, 0.2) is 11.6 Å². The Bertz CT molecular complexity index is 342. The lowest BCUT2D eigenvalue weighted by Gasteiger charge is -2.14. The first-order valence-electron chi connectivity index (χ1n) is 5.30.